The zero-order chi connectivity index (χ0) is 18.2. The van der Waals surface area contributed by atoms with E-state index < -0.39 is 17.7 Å². The Kier molecular flexibility index (Phi) is 7.92. The second kappa shape index (κ2) is 9.42. The molecule has 0 aromatic heterocycles. The van der Waals surface area contributed by atoms with Crippen LogP contribution in [0.15, 0.2) is 30.3 Å². The molecule has 5 nitrogen and oxygen atoms in total. The maximum absolute atomic E-state index is 12.2. The van der Waals surface area contributed by atoms with Crippen LogP contribution in [-0.2, 0) is 20.9 Å². The fourth-order valence-corrected chi connectivity index (χ4v) is 2.03. The lowest BCUT2D eigenvalue weighted by Gasteiger charge is -2.28. The Hall–Kier alpha value is -1.88. The summed E-state index contributed by atoms with van der Waals surface area (Å²) in [5, 5.41) is 0. The molecule has 0 N–H and O–H groups in total. The molecule has 24 heavy (non-hydrogen) atoms. The van der Waals surface area contributed by atoms with Crippen LogP contribution in [0.25, 0.3) is 0 Å². The molecule has 0 fully saturated rings. The molecule has 0 saturated heterocycles. The molecule has 0 radical (unpaired) electrons. The summed E-state index contributed by atoms with van der Waals surface area (Å²) in [5.74, 6) is 0.00618. The number of rotatable bonds is 8. The fraction of sp³-hybridized carbons (Fsp3) is 0.579. The van der Waals surface area contributed by atoms with E-state index >= 15 is 0 Å². The average molecular weight is 335 g/mol. The Morgan fingerprint density at radius 2 is 1.79 bits per heavy atom. The zero-order valence-electron chi connectivity index (χ0n) is 15.4. The van der Waals surface area contributed by atoms with Crippen molar-refractivity contribution in [3.8, 4) is 0 Å². The van der Waals surface area contributed by atoms with E-state index in [4.69, 9.17) is 9.47 Å². The number of carbonyl (C=O) groups is 2. The van der Waals surface area contributed by atoms with Crippen LogP contribution in [0.2, 0.25) is 0 Å². The van der Waals surface area contributed by atoms with Gasteiger partial charge in [0, 0.05) is 20.1 Å². The van der Waals surface area contributed by atoms with Gasteiger partial charge in [-0.2, -0.15) is 0 Å². The lowest BCUT2D eigenvalue weighted by molar-refractivity contribution is -0.123. The van der Waals surface area contributed by atoms with Crippen molar-refractivity contribution >= 4 is 11.9 Å². The number of hydrogen-bond donors (Lipinski definition) is 0. The maximum atomic E-state index is 12.2. The molecule has 1 rings (SSSR count). The Morgan fingerprint density at radius 1 is 1.17 bits per heavy atom. The predicted octanol–water partition coefficient (Wildman–Crippen LogP) is 3.81. The number of nitrogens with zero attached hydrogens (tertiary/aromatic N) is 1. The Bertz CT molecular complexity index is 522. The highest BCUT2D eigenvalue weighted by atomic mass is 16.6. The zero-order valence-corrected chi connectivity index (χ0v) is 15.4. The van der Waals surface area contributed by atoms with Crippen LogP contribution in [0, 0.1) is 0 Å². The van der Waals surface area contributed by atoms with Gasteiger partial charge in [-0.05, 0) is 39.7 Å². The second-order valence-corrected chi connectivity index (χ2v) is 6.88. The molecular formula is C19H29NO4. The third-order valence-electron chi connectivity index (χ3n) is 3.55. The first-order chi connectivity index (χ1) is 11.2. The molecule has 1 aromatic rings. The van der Waals surface area contributed by atoms with Crippen molar-refractivity contribution < 1.29 is 19.1 Å². The van der Waals surface area contributed by atoms with Gasteiger partial charge in [-0.15, -0.1) is 0 Å². The lowest BCUT2D eigenvalue weighted by atomic mass is 10.1. The molecule has 0 bridgehead atoms. The first kappa shape index (κ1) is 20.2. The molecule has 0 aliphatic carbocycles. The Balaban J connectivity index is 2.27. The topological polar surface area (TPSA) is 55.8 Å². The lowest BCUT2D eigenvalue weighted by Crippen LogP contribution is -2.43. The van der Waals surface area contributed by atoms with Gasteiger partial charge >= 0.3 is 6.09 Å². The molecule has 0 spiro atoms. The van der Waals surface area contributed by atoms with Crippen LogP contribution >= 0.6 is 0 Å². The van der Waals surface area contributed by atoms with Crippen LogP contribution < -0.4 is 0 Å². The number of amides is 1. The Morgan fingerprint density at radius 3 is 2.38 bits per heavy atom. The van der Waals surface area contributed by atoms with Crippen molar-refractivity contribution in [2.45, 2.75) is 58.8 Å². The molecular weight excluding hydrogens is 306 g/mol. The van der Waals surface area contributed by atoms with Crippen molar-refractivity contribution in [2.75, 3.05) is 13.7 Å². The van der Waals surface area contributed by atoms with Crippen molar-refractivity contribution in [3.05, 3.63) is 35.9 Å². The standard InChI is InChI=1S/C19H29NO4/c1-15(20(5)18(22)24-19(2,3)4)17(21)12-9-13-23-14-16-10-7-6-8-11-16/h6-8,10-11,15H,9,12-14H2,1-5H3/t15-/m0/s1. The van der Waals surface area contributed by atoms with Crippen LogP contribution in [0.5, 0.6) is 0 Å². The molecule has 0 aliphatic heterocycles. The van der Waals surface area contributed by atoms with E-state index in [0.29, 0.717) is 26.1 Å². The summed E-state index contributed by atoms with van der Waals surface area (Å²) in [6.45, 7) is 8.18. The molecule has 0 aliphatic rings. The van der Waals surface area contributed by atoms with Gasteiger partial charge in [-0.3, -0.25) is 4.79 Å². The Labute approximate surface area is 144 Å². The van der Waals surface area contributed by atoms with Gasteiger partial charge in [0.25, 0.3) is 0 Å². The molecule has 1 amide bonds. The first-order valence-corrected chi connectivity index (χ1v) is 8.31. The number of hydrogen-bond acceptors (Lipinski definition) is 4. The summed E-state index contributed by atoms with van der Waals surface area (Å²) in [4.78, 5) is 25.5. The summed E-state index contributed by atoms with van der Waals surface area (Å²) in [7, 11) is 1.59. The summed E-state index contributed by atoms with van der Waals surface area (Å²) < 4.78 is 10.8. The molecule has 134 valence electrons. The number of ether oxygens (including phenoxy) is 2. The summed E-state index contributed by atoms with van der Waals surface area (Å²) in [5.41, 5.74) is 0.543. The molecule has 0 saturated carbocycles. The van der Waals surface area contributed by atoms with Crippen molar-refractivity contribution in [1.29, 1.82) is 0 Å². The van der Waals surface area contributed by atoms with Gasteiger partial charge in [-0.25, -0.2) is 4.79 Å². The van der Waals surface area contributed by atoms with E-state index in [9.17, 15) is 9.59 Å². The number of ketones is 1. The van der Waals surface area contributed by atoms with Gasteiger partial charge in [0.05, 0.1) is 12.6 Å². The molecule has 1 atom stereocenters. The highest BCUT2D eigenvalue weighted by molar-refractivity contribution is 5.86. The molecule has 0 unspecified atom stereocenters. The number of Topliss-reactive ketones (excluding diaryl/α,β-unsaturated/α-hetero) is 1. The van der Waals surface area contributed by atoms with Gasteiger partial charge in [0.2, 0.25) is 0 Å². The number of benzene rings is 1. The third kappa shape index (κ3) is 7.59. The van der Waals surface area contributed by atoms with Crippen LogP contribution in [0.4, 0.5) is 4.79 Å². The quantitative estimate of drug-likeness (QED) is 0.678. The molecule has 1 aromatic carbocycles. The molecule has 0 heterocycles. The maximum Gasteiger partial charge on any atom is 0.410 e. The van der Waals surface area contributed by atoms with Gasteiger partial charge < -0.3 is 14.4 Å². The van der Waals surface area contributed by atoms with E-state index in [1.54, 1.807) is 34.7 Å². The summed E-state index contributed by atoms with van der Waals surface area (Å²) in [6, 6.07) is 9.40. The number of likely N-dealkylation sites (N-methyl/N-ethyl adjacent to an activating group) is 1. The monoisotopic (exact) mass is 335 g/mol. The minimum Gasteiger partial charge on any atom is -0.444 e. The number of carbonyl (C=O) groups excluding carboxylic acids is 2. The normalized spacial score (nSPS) is 12.5. The van der Waals surface area contributed by atoms with E-state index in [1.807, 2.05) is 30.3 Å². The highest BCUT2D eigenvalue weighted by Gasteiger charge is 2.26. The van der Waals surface area contributed by atoms with Crippen LogP contribution in [0.3, 0.4) is 0 Å². The smallest absolute Gasteiger partial charge is 0.410 e. The minimum absolute atomic E-state index is 0.00618. The highest BCUT2D eigenvalue weighted by Crippen LogP contribution is 2.12. The fourth-order valence-electron chi connectivity index (χ4n) is 2.03. The van der Waals surface area contributed by atoms with E-state index in [-0.39, 0.29) is 5.78 Å². The van der Waals surface area contributed by atoms with Gasteiger partial charge in [0.15, 0.2) is 5.78 Å². The van der Waals surface area contributed by atoms with Crippen molar-refractivity contribution in [1.82, 2.24) is 4.90 Å². The summed E-state index contributed by atoms with van der Waals surface area (Å²) >= 11 is 0. The predicted molar refractivity (Wildman–Crippen MR) is 93.8 cm³/mol. The van der Waals surface area contributed by atoms with Gasteiger partial charge in [0.1, 0.15) is 5.60 Å². The van der Waals surface area contributed by atoms with E-state index in [1.165, 1.54) is 4.90 Å². The van der Waals surface area contributed by atoms with Crippen LogP contribution in [-0.4, -0.2) is 42.1 Å². The molecule has 5 heteroatoms. The summed E-state index contributed by atoms with van der Waals surface area (Å²) in [6.07, 6.45) is 0.532. The minimum atomic E-state index is -0.570. The van der Waals surface area contributed by atoms with Crippen LogP contribution in [0.1, 0.15) is 46.1 Å². The second-order valence-electron chi connectivity index (χ2n) is 6.88. The van der Waals surface area contributed by atoms with Crippen molar-refractivity contribution in [3.63, 3.8) is 0 Å². The van der Waals surface area contributed by atoms with E-state index in [2.05, 4.69) is 0 Å². The van der Waals surface area contributed by atoms with Gasteiger partial charge in [-0.1, -0.05) is 30.3 Å². The van der Waals surface area contributed by atoms with E-state index in [0.717, 1.165) is 5.56 Å². The third-order valence-corrected chi connectivity index (χ3v) is 3.55. The SMILES string of the molecule is C[C@@H](C(=O)CCCOCc1ccccc1)N(C)C(=O)OC(C)(C)C. The van der Waals surface area contributed by atoms with Crippen molar-refractivity contribution in [2.24, 2.45) is 0 Å². The average Bonchev–Trinajstić information content (AvgIpc) is 2.52. The largest absolute Gasteiger partial charge is 0.444 e. The first-order valence-electron chi connectivity index (χ1n) is 8.31.